The average Bonchev–Trinajstić information content (AvgIpc) is 2.55. The number of unbranched alkanes of at least 4 members (excludes halogenated alkanes) is 6. The van der Waals surface area contributed by atoms with Crippen LogP contribution >= 0.6 is 0 Å². The number of hydrogen-bond acceptors (Lipinski definition) is 4. The number of hydrogen-bond donors (Lipinski definition) is 0. The molecule has 0 aromatic carbocycles. The highest BCUT2D eigenvalue weighted by Gasteiger charge is 2.05. The molecule has 0 spiro atoms. The van der Waals surface area contributed by atoms with E-state index < -0.39 is 0 Å². The minimum absolute atomic E-state index is 0.108. The molecule has 0 atom stereocenters. The summed E-state index contributed by atoms with van der Waals surface area (Å²) in [5, 5.41) is 0. The molecule has 0 rings (SSSR count). The van der Waals surface area contributed by atoms with Crippen molar-refractivity contribution < 1.29 is 18.9 Å². The molecule has 0 radical (unpaired) electrons. The molecule has 0 aromatic heterocycles. The third kappa shape index (κ3) is 17.6. The quantitative estimate of drug-likeness (QED) is 0.191. The van der Waals surface area contributed by atoms with Crippen LogP contribution in [0.4, 0.5) is 0 Å². The molecular weight excluding hydrogens is 292 g/mol. The van der Waals surface area contributed by atoms with Gasteiger partial charge in [0.1, 0.15) is 0 Å². The highest BCUT2D eigenvalue weighted by atomic mass is 16.7. The van der Waals surface area contributed by atoms with Crippen molar-refractivity contribution >= 4 is 0 Å². The van der Waals surface area contributed by atoms with Gasteiger partial charge in [0, 0.05) is 19.6 Å². The van der Waals surface area contributed by atoms with Gasteiger partial charge in [-0.2, -0.15) is 0 Å². The Morgan fingerprint density at radius 1 is 0.826 bits per heavy atom. The Morgan fingerprint density at radius 2 is 1.48 bits per heavy atom. The van der Waals surface area contributed by atoms with Crippen molar-refractivity contribution in [1.29, 1.82) is 0 Å². The van der Waals surface area contributed by atoms with Crippen LogP contribution in [0, 0.1) is 0 Å². The fraction of sp³-hybridized carbons (Fsp3) is 0.895. The van der Waals surface area contributed by atoms with Gasteiger partial charge in [-0.15, -0.1) is 0 Å². The Kier molecular flexibility index (Phi) is 19.0. The number of rotatable bonds is 18. The normalized spacial score (nSPS) is 11.7. The first-order chi connectivity index (χ1) is 11.3. The lowest BCUT2D eigenvalue weighted by atomic mass is 10.1. The van der Waals surface area contributed by atoms with E-state index in [4.69, 9.17) is 18.9 Å². The van der Waals surface area contributed by atoms with Gasteiger partial charge < -0.3 is 18.9 Å². The van der Waals surface area contributed by atoms with Crippen LogP contribution in [-0.2, 0) is 18.9 Å². The smallest absolute Gasteiger partial charge is 0.188 e. The number of allylic oxidation sites excluding steroid dienone is 1. The van der Waals surface area contributed by atoms with Crippen LogP contribution in [0.1, 0.15) is 78.6 Å². The van der Waals surface area contributed by atoms with Gasteiger partial charge >= 0.3 is 0 Å². The van der Waals surface area contributed by atoms with Gasteiger partial charge in [0.2, 0.25) is 0 Å². The fourth-order valence-corrected chi connectivity index (χ4v) is 2.26. The summed E-state index contributed by atoms with van der Waals surface area (Å²) in [5.74, 6) is 0. The zero-order valence-corrected chi connectivity index (χ0v) is 15.6. The maximum Gasteiger partial charge on any atom is 0.188 e. The van der Waals surface area contributed by atoms with Crippen LogP contribution in [-0.4, -0.2) is 32.9 Å². The van der Waals surface area contributed by atoms with Crippen LogP contribution in [0.25, 0.3) is 0 Å². The van der Waals surface area contributed by atoms with Crippen molar-refractivity contribution in [3.8, 4) is 0 Å². The molecular formula is C19H38O4. The van der Waals surface area contributed by atoms with Crippen LogP contribution in [0.3, 0.4) is 0 Å². The van der Waals surface area contributed by atoms with Gasteiger partial charge in [-0.1, -0.05) is 45.4 Å². The Balaban J connectivity index is 3.27. The number of ether oxygens (including phenoxy) is 4. The van der Waals surface area contributed by atoms with E-state index in [1.54, 1.807) is 6.26 Å². The molecule has 23 heavy (non-hydrogen) atoms. The van der Waals surface area contributed by atoms with Crippen molar-refractivity contribution in [3.63, 3.8) is 0 Å². The minimum Gasteiger partial charge on any atom is -0.475 e. The summed E-state index contributed by atoms with van der Waals surface area (Å²) in [5.41, 5.74) is 0. The summed E-state index contributed by atoms with van der Waals surface area (Å²) in [6.07, 6.45) is 14.4. The van der Waals surface area contributed by atoms with Gasteiger partial charge in [0.25, 0.3) is 0 Å². The van der Waals surface area contributed by atoms with Crippen LogP contribution in [0.15, 0.2) is 12.3 Å². The highest BCUT2D eigenvalue weighted by molar-refractivity contribution is 4.73. The Hall–Kier alpha value is -0.580. The Bertz CT molecular complexity index is 238. The summed E-state index contributed by atoms with van der Waals surface area (Å²) < 4.78 is 21.7. The Morgan fingerprint density at radius 3 is 2.13 bits per heavy atom. The second kappa shape index (κ2) is 19.5. The maximum absolute atomic E-state index is 5.47. The van der Waals surface area contributed by atoms with E-state index in [0.29, 0.717) is 20.0 Å². The molecule has 0 bridgehead atoms. The van der Waals surface area contributed by atoms with Gasteiger partial charge in [0.05, 0.1) is 12.9 Å². The van der Waals surface area contributed by atoms with E-state index in [1.165, 1.54) is 38.5 Å². The molecule has 0 heterocycles. The molecule has 0 amide bonds. The molecule has 0 aromatic rings. The predicted octanol–water partition coefficient (Wildman–Crippen LogP) is 5.42. The zero-order chi connectivity index (χ0) is 17.0. The first-order valence-electron chi connectivity index (χ1n) is 9.42. The van der Waals surface area contributed by atoms with E-state index >= 15 is 0 Å². The molecule has 0 unspecified atom stereocenters. The van der Waals surface area contributed by atoms with Crippen molar-refractivity contribution in [2.75, 3.05) is 26.6 Å². The lowest BCUT2D eigenvalue weighted by molar-refractivity contribution is -0.138. The van der Waals surface area contributed by atoms with Gasteiger partial charge in [-0.3, -0.25) is 0 Å². The van der Waals surface area contributed by atoms with Gasteiger partial charge in [-0.05, 0) is 32.8 Å². The van der Waals surface area contributed by atoms with E-state index in [-0.39, 0.29) is 6.29 Å². The van der Waals surface area contributed by atoms with Crippen molar-refractivity contribution in [1.82, 2.24) is 0 Å². The third-order valence-electron chi connectivity index (χ3n) is 3.51. The maximum atomic E-state index is 5.47. The molecule has 4 nitrogen and oxygen atoms in total. The largest absolute Gasteiger partial charge is 0.475 e. The van der Waals surface area contributed by atoms with Gasteiger partial charge in [0.15, 0.2) is 13.1 Å². The Labute approximate surface area is 143 Å². The summed E-state index contributed by atoms with van der Waals surface area (Å²) in [7, 11) is 0. The SMILES string of the molecule is CCCCCCCCCOCOC=CCCC(OCC)OCC. The van der Waals surface area contributed by atoms with E-state index in [0.717, 1.165) is 25.9 Å². The van der Waals surface area contributed by atoms with Crippen LogP contribution in [0.2, 0.25) is 0 Å². The highest BCUT2D eigenvalue weighted by Crippen LogP contribution is 2.07. The van der Waals surface area contributed by atoms with Gasteiger partial charge in [-0.25, -0.2) is 0 Å². The molecule has 0 saturated carbocycles. The summed E-state index contributed by atoms with van der Waals surface area (Å²) in [6.45, 7) is 8.69. The topological polar surface area (TPSA) is 36.9 Å². The molecule has 0 N–H and O–H groups in total. The first kappa shape index (κ1) is 22.4. The van der Waals surface area contributed by atoms with E-state index in [2.05, 4.69) is 6.92 Å². The minimum atomic E-state index is -0.108. The predicted molar refractivity (Wildman–Crippen MR) is 95.3 cm³/mol. The second-order valence-electron chi connectivity index (χ2n) is 5.60. The molecule has 4 heteroatoms. The van der Waals surface area contributed by atoms with Crippen molar-refractivity contribution in [3.05, 3.63) is 12.3 Å². The van der Waals surface area contributed by atoms with Crippen molar-refractivity contribution in [2.45, 2.75) is 84.8 Å². The lowest BCUT2D eigenvalue weighted by Gasteiger charge is -2.15. The summed E-state index contributed by atoms with van der Waals surface area (Å²) >= 11 is 0. The standard InChI is InChI=1S/C19H38O4/c1-4-7-8-9-10-11-13-16-20-18-21-17-14-12-15-19(22-5-2)23-6-3/h14,17,19H,4-13,15-16,18H2,1-3H3. The molecule has 0 aliphatic carbocycles. The molecule has 0 aliphatic rings. The third-order valence-corrected chi connectivity index (χ3v) is 3.51. The monoisotopic (exact) mass is 330 g/mol. The molecule has 0 aliphatic heterocycles. The zero-order valence-electron chi connectivity index (χ0n) is 15.6. The van der Waals surface area contributed by atoms with E-state index in [9.17, 15) is 0 Å². The van der Waals surface area contributed by atoms with Crippen LogP contribution < -0.4 is 0 Å². The molecule has 138 valence electrons. The van der Waals surface area contributed by atoms with Crippen molar-refractivity contribution in [2.24, 2.45) is 0 Å². The summed E-state index contributed by atoms with van der Waals surface area (Å²) in [6, 6.07) is 0. The van der Waals surface area contributed by atoms with Crippen LogP contribution in [0.5, 0.6) is 0 Å². The molecule has 0 fully saturated rings. The molecule has 0 saturated heterocycles. The summed E-state index contributed by atoms with van der Waals surface area (Å²) in [4.78, 5) is 0. The second-order valence-corrected chi connectivity index (χ2v) is 5.60. The first-order valence-corrected chi connectivity index (χ1v) is 9.42. The lowest BCUT2D eigenvalue weighted by Crippen LogP contribution is -2.16. The van der Waals surface area contributed by atoms with E-state index in [1.807, 2.05) is 19.9 Å². The fourth-order valence-electron chi connectivity index (χ4n) is 2.26. The average molecular weight is 331 g/mol.